The molecule has 1 N–H and O–H groups in total. The number of ether oxygens (including phenoxy) is 1. The van der Waals surface area contributed by atoms with Crippen LogP contribution in [0.3, 0.4) is 0 Å². The highest BCUT2D eigenvalue weighted by Crippen LogP contribution is 2.27. The fourth-order valence-electron chi connectivity index (χ4n) is 1.79. The molecular formula is C15H19ClN2O4. The number of amides is 2. The molecule has 0 saturated heterocycles. The molecule has 0 saturated carbocycles. The van der Waals surface area contributed by atoms with Crippen molar-refractivity contribution >= 4 is 35.1 Å². The zero-order valence-electron chi connectivity index (χ0n) is 12.8. The first-order valence-corrected chi connectivity index (χ1v) is 7.21. The summed E-state index contributed by atoms with van der Waals surface area (Å²) in [7, 11) is 1.26. The summed E-state index contributed by atoms with van der Waals surface area (Å²) in [4.78, 5) is 36.5. The molecule has 1 aromatic carbocycles. The van der Waals surface area contributed by atoms with Crippen molar-refractivity contribution in [2.24, 2.45) is 0 Å². The summed E-state index contributed by atoms with van der Waals surface area (Å²) in [5.41, 5.74) is 0.547. The van der Waals surface area contributed by atoms with Crippen molar-refractivity contribution in [2.45, 2.75) is 20.3 Å². The van der Waals surface area contributed by atoms with Gasteiger partial charge in [0.15, 0.2) is 0 Å². The zero-order valence-corrected chi connectivity index (χ0v) is 13.6. The molecular weight excluding hydrogens is 308 g/mol. The third kappa shape index (κ3) is 4.73. The molecule has 0 radical (unpaired) electrons. The molecule has 0 aromatic heterocycles. The predicted molar refractivity (Wildman–Crippen MR) is 84.1 cm³/mol. The van der Waals surface area contributed by atoms with E-state index in [1.165, 1.54) is 37.1 Å². The van der Waals surface area contributed by atoms with Gasteiger partial charge in [-0.2, -0.15) is 0 Å². The van der Waals surface area contributed by atoms with Gasteiger partial charge < -0.3 is 15.0 Å². The van der Waals surface area contributed by atoms with E-state index >= 15 is 0 Å². The van der Waals surface area contributed by atoms with Crippen LogP contribution >= 0.6 is 11.6 Å². The molecule has 1 rings (SSSR count). The number of carbonyl (C=O) groups excluding carboxylic acids is 3. The molecule has 22 heavy (non-hydrogen) atoms. The molecule has 0 fully saturated rings. The summed E-state index contributed by atoms with van der Waals surface area (Å²) in [6, 6.07) is 4.42. The monoisotopic (exact) mass is 326 g/mol. The van der Waals surface area contributed by atoms with Crippen LogP contribution in [0.15, 0.2) is 18.2 Å². The number of methoxy groups -OCH3 is 1. The van der Waals surface area contributed by atoms with Crippen LogP contribution in [-0.4, -0.2) is 38.0 Å². The molecule has 0 aliphatic rings. The van der Waals surface area contributed by atoms with Crippen LogP contribution in [0.1, 0.15) is 30.6 Å². The van der Waals surface area contributed by atoms with Crippen molar-refractivity contribution in [1.29, 1.82) is 0 Å². The highest BCUT2D eigenvalue weighted by atomic mass is 35.5. The Kier molecular flexibility index (Phi) is 6.85. The van der Waals surface area contributed by atoms with Gasteiger partial charge in [0.05, 0.1) is 23.4 Å². The number of nitrogens with zero attached hydrogens (tertiary/aromatic N) is 1. The second-order valence-electron chi connectivity index (χ2n) is 4.61. The van der Waals surface area contributed by atoms with Gasteiger partial charge in [-0.25, -0.2) is 4.79 Å². The number of hydrogen-bond donors (Lipinski definition) is 1. The fourth-order valence-corrected chi connectivity index (χ4v) is 2.01. The number of nitrogens with one attached hydrogen (secondary N) is 1. The van der Waals surface area contributed by atoms with Gasteiger partial charge in [0, 0.05) is 13.5 Å². The summed E-state index contributed by atoms with van der Waals surface area (Å²) in [6.45, 7) is 3.62. The van der Waals surface area contributed by atoms with Crippen LogP contribution in [-0.2, 0) is 14.3 Å². The third-order valence-electron chi connectivity index (χ3n) is 2.91. The number of halogens is 1. The molecule has 0 atom stereocenters. The normalized spacial score (nSPS) is 10.0. The first-order chi connectivity index (χ1) is 10.4. The van der Waals surface area contributed by atoms with E-state index in [9.17, 15) is 14.4 Å². The highest BCUT2D eigenvalue weighted by Gasteiger charge is 2.20. The van der Waals surface area contributed by atoms with Gasteiger partial charge in [-0.3, -0.25) is 9.59 Å². The maximum absolute atomic E-state index is 11.8. The molecule has 6 nitrogen and oxygen atoms in total. The van der Waals surface area contributed by atoms with Crippen LogP contribution in [0.4, 0.5) is 5.69 Å². The van der Waals surface area contributed by atoms with Crippen molar-refractivity contribution in [3.63, 3.8) is 0 Å². The topological polar surface area (TPSA) is 75.7 Å². The smallest absolute Gasteiger partial charge is 0.337 e. The molecule has 1 aromatic rings. The van der Waals surface area contributed by atoms with E-state index in [0.717, 1.165) is 6.42 Å². The number of hydrogen-bond acceptors (Lipinski definition) is 4. The van der Waals surface area contributed by atoms with Crippen molar-refractivity contribution < 1.29 is 19.1 Å². The van der Waals surface area contributed by atoms with Crippen LogP contribution in [0.25, 0.3) is 0 Å². The minimum atomic E-state index is -0.545. The molecule has 7 heteroatoms. The Morgan fingerprint density at radius 1 is 1.32 bits per heavy atom. The lowest BCUT2D eigenvalue weighted by Crippen LogP contribution is -2.40. The lowest BCUT2D eigenvalue weighted by atomic mass is 10.2. The van der Waals surface area contributed by atoms with Crippen molar-refractivity contribution in [1.82, 2.24) is 5.32 Å². The molecule has 0 heterocycles. The number of benzene rings is 1. The van der Waals surface area contributed by atoms with E-state index in [2.05, 4.69) is 10.1 Å². The van der Waals surface area contributed by atoms with E-state index in [0.29, 0.717) is 12.2 Å². The lowest BCUT2D eigenvalue weighted by Gasteiger charge is -2.22. The van der Waals surface area contributed by atoms with E-state index in [1.807, 2.05) is 6.92 Å². The lowest BCUT2D eigenvalue weighted by molar-refractivity contribution is -0.123. The van der Waals surface area contributed by atoms with Crippen molar-refractivity contribution in [2.75, 3.05) is 25.1 Å². The molecule has 0 spiro atoms. The number of carbonyl (C=O) groups is 3. The number of anilines is 1. The summed E-state index contributed by atoms with van der Waals surface area (Å²) >= 11 is 6.09. The van der Waals surface area contributed by atoms with Gasteiger partial charge in [-0.05, 0) is 24.6 Å². The third-order valence-corrected chi connectivity index (χ3v) is 3.23. The maximum Gasteiger partial charge on any atom is 0.337 e. The van der Waals surface area contributed by atoms with Gasteiger partial charge in [-0.1, -0.05) is 18.5 Å². The Hall–Kier alpha value is -2.08. The average Bonchev–Trinajstić information content (AvgIpc) is 2.50. The van der Waals surface area contributed by atoms with Crippen LogP contribution in [0, 0.1) is 0 Å². The summed E-state index contributed by atoms with van der Waals surface area (Å²) in [5.74, 6) is -1.19. The summed E-state index contributed by atoms with van der Waals surface area (Å²) in [6.07, 6.45) is 0.796. The van der Waals surface area contributed by atoms with Gasteiger partial charge in [0.1, 0.15) is 6.54 Å². The highest BCUT2D eigenvalue weighted by molar-refractivity contribution is 6.34. The fraction of sp³-hybridized carbons (Fsp3) is 0.400. The number of esters is 1. The first kappa shape index (κ1) is 18.0. The second kappa shape index (κ2) is 8.38. The molecule has 0 aliphatic heterocycles. The van der Waals surface area contributed by atoms with Crippen LogP contribution < -0.4 is 10.2 Å². The molecule has 0 aliphatic carbocycles. The zero-order chi connectivity index (χ0) is 16.7. The van der Waals surface area contributed by atoms with Gasteiger partial charge in [-0.15, -0.1) is 0 Å². The van der Waals surface area contributed by atoms with Crippen LogP contribution in [0.5, 0.6) is 0 Å². The Bertz CT molecular complexity index is 575. The maximum atomic E-state index is 11.8. The van der Waals surface area contributed by atoms with E-state index in [-0.39, 0.29) is 28.9 Å². The minimum Gasteiger partial charge on any atom is -0.465 e. The van der Waals surface area contributed by atoms with E-state index in [1.54, 1.807) is 0 Å². The van der Waals surface area contributed by atoms with Gasteiger partial charge in [0.2, 0.25) is 11.8 Å². The molecule has 0 unspecified atom stereocenters. The van der Waals surface area contributed by atoms with E-state index < -0.39 is 5.97 Å². The summed E-state index contributed by atoms with van der Waals surface area (Å²) in [5, 5.41) is 2.96. The van der Waals surface area contributed by atoms with Crippen LogP contribution in [0.2, 0.25) is 5.02 Å². The molecule has 0 bridgehead atoms. The Morgan fingerprint density at radius 3 is 2.55 bits per heavy atom. The molecule has 120 valence electrons. The predicted octanol–water partition coefficient (Wildman–Crippen LogP) is 2.01. The van der Waals surface area contributed by atoms with E-state index in [4.69, 9.17) is 11.6 Å². The van der Waals surface area contributed by atoms with Crippen molar-refractivity contribution in [3.8, 4) is 0 Å². The Balaban J connectivity index is 3.07. The summed E-state index contributed by atoms with van der Waals surface area (Å²) < 4.78 is 4.64. The molecule has 2 amide bonds. The second-order valence-corrected chi connectivity index (χ2v) is 5.02. The standard InChI is InChI=1S/C15H19ClN2O4/c1-4-7-17-14(20)9-18(10(2)19)13-8-11(15(21)22-3)5-6-12(13)16/h5-6,8H,4,7,9H2,1-3H3,(H,17,20). The SMILES string of the molecule is CCCNC(=O)CN(C(C)=O)c1cc(C(=O)OC)ccc1Cl. The first-order valence-electron chi connectivity index (χ1n) is 6.83. The largest absolute Gasteiger partial charge is 0.465 e. The van der Waals surface area contributed by atoms with Gasteiger partial charge >= 0.3 is 5.97 Å². The Morgan fingerprint density at radius 2 is 2.00 bits per heavy atom. The minimum absolute atomic E-state index is 0.167. The average molecular weight is 327 g/mol. The van der Waals surface area contributed by atoms with Gasteiger partial charge in [0.25, 0.3) is 0 Å². The quantitative estimate of drug-likeness (QED) is 0.811. The number of rotatable bonds is 6. The van der Waals surface area contributed by atoms with Crippen molar-refractivity contribution in [3.05, 3.63) is 28.8 Å². The Labute approximate surface area is 134 Å².